The molecule has 2 rings (SSSR count). The van der Waals surface area contributed by atoms with Gasteiger partial charge in [0.15, 0.2) is 0 Å². The zero-order valence-corrected chi connectivity index (χ0v) is 16.6. The molecule has 1 aliphatic heterocycles. The molecule has 1 aromatic carbocycles. The van der Waals surface area contributed by atoms with Crippen LogP contribution in [0.4, 0.5) is 10.5 Å². The average molecular weight is 375 g/mol. The number of hydrogen-bond donors (Lipinski definition) is 2. The molecule has 150 valence electrons. The highest BCUT2D eigenvalue weighted by Crippen LogP contribution is 2.19. The lowest BCUT2D eigenvalue weighted by molar-refractivity contribution is -0.119. The third-order valence-corrected chi connectivity index (χ3v) is 5.37. The van der Waals surface area contributed by atoms with Crippen molar-refractivity contribution in [1.29, 1.82) is 0 Å². The second-order valence-electron chi connectivity index (χ2n) is 7.63. The van der Waals surface area contributed by atoms with Crippen molar-refractivity contribution in [2.24, 2.45) is 5.92 Å². The molecule has 27 heavy (non-hydrogen) atoms. The summed E-state index contributed by atoms with van der Waals surface area (Å²) in [5, 5.41) is 11.9. The zero-order valence-electron chi connectivity index (χ0n) is 16.6. The van der Waals surface area contributed by atoms with Gasteiger partial charge in [0.25, 0.3) is 0 Å². The molecule has 1 fully saturated rings. The van der Waals surface area contributed by atoms with E-state index in [1.165, 1.54) is 61.8 Å². The van der Waals surface area contributed by atoms with Crippen LogP contribution in [0.15, 0.2) is 24.3 Å². The molecular weight excluding hydrogens is 340 g/mol. The first kappa shape index (κ1) is 21.3. The predicted octanol–water partition coefficient (Wildman–Crippen LogP) is 5.31. The van der Waals surface area contributed by atoms with Crippen LogP contribution >= 0.6 is 0 Å². The molecule has 1 aromatic rings. The Morgan fingerprint density at radius 2 is 1.67 bits per heavy atom. The van der Waals surface area contributed by atoms with Crippen LogP contribution in [0.2, 0.25) is 0 Å². The van der Waals surface area contributed by atoms with Crippen LogP contribution in [0.5, 0.6) is 0 Å². The lowest BCUT2D eigenvalue weighted by Gasteiger charge is -2.13. The van der Waals surface area contributed by atoms with Crippen LogP contribution in [-0.4, -0.2) is 35.1 Å². The highest BCUT2D eigenvalue weighted by molar-refractivity contribution is 5.93. The Labute approximate surface area is 163 Å². The number of benzene rings is 1. The van der Waals surface area contributed by atoms with E-state index in [9.17, 15) is 9.59 Å². The number of rotatable bonds is 11. The van der Waals surface area contributed by atoms with Crippen LogP contribution in [0, 0.1) is 5.92 Å². The Hall–Kier alpha value is -2.04. The molecule has 1 heterocycles. The molecule has 0 unspecified atom stereocenters. The Morgan fingerprint density at radius 1 is 1.04 bits per heavy atom. The summed E-state index contributed by atoms with van der Waals surface area (Å²) in [5.41, 5.74) is 2.09. The van der Waals surface area contributed by atoms with Crippen LogP contribution in [0.25, 0.3) is 0 Å². The summed E-state index contributed by atoms with van der Waals surface area (Å²) in [6.07, 6.45) is 11.3. The maximum atomic E-state index is 12.3. The van der Waals surface area contributed by atoms with E-state index in [2.05, 4.69) is 24.4 Å². The predicted molar refractivity (Wildman–Crippen MR) is 109 cm³/mol. The number of likely N-dealkylation sites (tertiary alicyclic amines) is 1. The summed E-state index contributed by atoms with van der Waals surface area (Å²) in [4.78, 5) is 24.5. The number of unbranched alkanes of at least 4 members (excludes halogenated alkanes) is 7. The third kappa shape index (κ3) is 7.61. The molecule has 2 N–H and O–H groups in total. The van der Waals surface area contributed by atoms with E-state index < -0.39 is 6.09 Å². The molecular formula is C22H34N2O3. The van der Waals surface area contributed by atoms with Gasteiger partial charge in [-0.1, -0.05) is 64.0 Å². The number of anilines is 1. The van der Waals surface area contributed by atoms with Crippen molar-refractivity contribution in [3.63, 3.8) is 0 Å². The Balaban J connectivity index is 1.63. The molecule has 0 bridgehead atoms. The van der Waals surface area contributed by atoms with Gasteiger partial charge in [-0.3, -0.25) is 4.79 Å². The minimum atomic E-state index is -0.949. The van der Waals surface area contributed by atoms with Gasteiger partial charge >= 0.3 is 6.09 Å². The number of aryl methyl sites for hydroxylation is 1. The van der Waals surface area contributed by atoms with Crippen molar-refractivity contribution in [2.75, 3.05) is 18.4 Å². The van der Waals surface area contributed by atoms with Gasteiger partial charge in [0, 0.05) is 18.8 Å². The number of amides is 2. The van der Waals surface area contributed by atoms with E-state index in [0.29, 0.717) is 13.0 Å². The van der Waals surface area contributed by atoms with E-state index in [1.54, 1.807) is 0 Å². The molecule has 0 aromatic heterocycles. The average Bonchev–Trinajstić information content (AvgIpc) is 3.16. The van der Waals surface area contributed by atoms with Crippen molar-refractivity contribution in [1.82, 2.24) is 4.90 Å². The smallest absolute Gasteiger partial charge is 0.407 e. The first-order valence-corrected chi connectivity index (χ1v) is 10.5. The summed E-state index contributed by atoms with van der Waals surface area (Å²) in [5.74, 6) is -0.340. The summed E-state index contributed by atoms with van der Waals surface area (Å²) in [6.45, 7) is 2.97. The lowest BCUT2D eigenvalue weighted by atomic mass is 10.0. The van der Waals surface area contributed by atoms with Crippen molar-refractivity contribution in [3.8, 4) is 0 Å². The standard InChI is InChI=1S/C22H34N2O3/c1-2-3-4-5-6-7-8-9-10-18-11-13-20(14-12-18)23-21(25)19-15-16-24(17-19)22(26)27/h11-14,19H,2-10,15-17H2,1H3,(H,23,25)(H,26,27)/t19-/m1/s1. The monoisotopic (exact) mass is 374 g/mol. The fourth-order valence-electron chi connectivity index (χ4n) is 3.61. The largest absolute Gasteiger partial charge is 0.465 e. The molecule has 5 heteroatoms. The van der Waals surface area contributed by atoms with Gasteiger partial charge in [-0.2, -0.15) is 0 Å². The van der Waals surface area contributed by atoms with Gasteiger partial charge < -0.3 is 15.3 Å². The number of carboxylic acid groups (broad SMARTS) is 1. The summed E-state index contributed by atoms with van der Waals surface area (Å²) in [7, 11) is 0. The van der Waals surface area contributed by atoms with Crippen LogP contribution < -0.4 is 5.32 Å². The van der Waals surface area contributed by atoms with Gasteiger partial charge in [0.1, 0.15) is 0 Å². The quantitative estimate of drug-likeness (QED) is 0.516. The van der Waals surface area contributed by atoms with Gasteiger partial charge in [0.05, 0.1) is 5.92 Å². The second-order valence-corrected chi connectivity index (χ2v) is 7.63. The topological polar surface area (TPSA) is 69.6 Å². The van der Waals surface area contributed by atoms with Crippen molar-refractivity contribution in [2.45, 2.75) is 71.1 Å². The van der Waals surface area contributed by atoms with Gasteiger partial charge in [-0.05, 0) is 37.0 Å². The first-order chi connectivity index (χ1) is 13.1. The molecule has 5 nitrogen and oxygen atoms in total. The van der Waals surface area contributed by atoms with Crippen LogP contribution in [0.3, 0.4) is 0 Å². The maximum Gasteiger partial charge on any atom is 0.407 e. The van der Waals surface area contributed by atoms with Crippen LogP contribution in [0.1, 0.15) is 70.3 Å². The number of carbonyl (C=O) groups is 2. The van der Waals surface area contributed by atoms with Crippen molar-refractivity contribution < 1.29 is 14.7 Å². The lowest BCUT2D eigenvalue weighted by Crippen LogP contribution is -2.30. The molecule has 0 spiro atoms. The van der Waals surface area contributed by atoms with Gasteiger partial charge in [-0.25, -0.2) is 4.79 Å². The van der Waals surface area contributed by atoms with E-state index in [0.717, 1.165) is 12.1 Å². The first-order valence-electron chi connectivity index (χ1n) is 10.5. The fourth-order valence-corrected chi connectivity index (χ4v) is 3.61. The molecule has 1 saturated heterocycles. The Kier molecular flexibility index (Phi) is 9.16. The molecule has 1 atom stereocenters. The minimum Gasteiger partial charge on any atom is -0.465 e. The Morgan fingerprint density at radius 3 is 2.26 bits per heavy atom. The number of nitrogens with zero attached hydrogens (tertiary/aromatic N) is 1. The van der Waals surface area contributed by atoms with E-state index in [4.69, 9.17) is 5.11 Å². The number of hydrogen-bond acceptors (Lipinski definition) is 2. The highest BCUT2D eigenvalue weighted by Gasteiger charge is 2.30. The van der Waals surface area contributed by atoms with E-state index in [-0.39, 0.29) is 18.4 Å². The molecule has 2 amide bonds. The van der Waals surface area contributed by atoms with Crippen molar-refractivity contribution >= 4 is 17.7 Å². The van der Waals surface area contributed by atoms with Crippen LogP contribution in [-0.2, 0) is 11.2 Å². The molecule has 0 saturated carbocycles. The van der Waals surface area contributed by atoms with Gasteiger partial charge in [0.2, 0.25) is 5.91 Å². The summed E-state index contributed by atoms with van der Waals surface area (Å²) in [6, 6.07) is 8.05. The second kappa shape index (κ2) is 11.6. The SMILES string of the molecule is CCCCCCCCCCc1ccc(NC(=O)[C@@H]2CCN(C(=O)O)C2)cc1. The van der Waals surface area contributed by atoms with E-state index >= 15 is 0 Å². The zero-order chi connectivity index (χ0) is 19.5. The van der Waals surface area contributed by atoms with E-state index in [1.807, 2.05) is 12.1 Å². The number of nitrogens with one attached hydrogen (secondary N) is 1. The number of carbonyl (C=O) groups excluding carboxylic acids is 1. The van der Waals surface area contributed by atoms with Gasteiger partial charge in [-0.15, -0.1) is 0 Å². The third-order valence-electron chi connectivity index (χ3n) is 5.37. The summed E-state index contributed by atoms with van der Waals surface area (Å²) < 4.78 is 0. The minimum absolute atomic E-state index is 0.0884. The molecule has 0 radical (unpaired) electrons. The fraction of sp³-hybridized carbons (Fsp3) is 0.636. The maximum absolute atomic E-state index is 12.3. The normalized spacial score (nSPS) is 16.5. The van der Waals surface area contributed by atoms with Crippen molar-refractivity contribution in [3.05, 3.63) is 29.8 Å². The molecule has 0 aliphatic carbocycles. The summed E-state index contributed by atoms with van der Waals surface area (Å²) >= 11 is 0. The Bertz CT molecular complexity index is 586. The molecule has 1 aliphatic rings. The highest BCUT2D eigenvalue weighted by atomic mass is 16.4.